The van der Waals surface area contributed by atoms with Gasteiger partial charge in [0.25, 0.3) is 5.91 Å². The maximum absolute atomic E-state index is 11.9. The third-order valence-corrected chi connectivity index (χ3v) is 2.66. The third-order valence-electron chi connectivity index (χ3n) is 2.66. The number of carbonyl (C=O) groups is 3. The van der Waals surface area contributed by atoms with Gasteiger partial charge in [0, 0.05) is 11.9 Å². The number of esters is 1. The number of benzene rings is 1. The summed E-state index contributed by atoms with van der Waals surface area (Å²) in [6.07, 6.45) is 1.47. The van der Waals surface area contributed by atoms with Crippen LogP contribution in [-0.2, 0) is 9.53 Å². The fourth-order valence-electron chi connectivity index (χ4n) is 1.69. The number of nitrogens with one attached hydrogen (secondary N) is 3. The summed E-state index contributed by atoms with van der Waals surface area (Å²) in [5.41, 5.74) is 0.766. The number of carbonyl (C=O) groups excluding carboxylic acids is 3. The van der Waals surface area contributed by atoms with Gasteiger partial charge in [-0.2, -0.15) is 5.10 Å². The van der Waals surface area contributed by atoms with Gasteiger partial charge in [-0.3, -0.25) is 15.2 Å². The van der Waals surface area contributed by atoms with E-state index >= 15 is 0 Å². The molecule has 0 fully saturated rings. The largest absolute Gasteiger partial charge is 0.451 e. The molecule has 0 spiro atoms. The summed E-state index contributed by atoms with van der Waals surface area (Å²) < 4.78 is 4.83. The summed E-state index contributed by atoms with van der Waals surface area (Å²) in [5, 5.41) is 11.5. The Morgan fingerprint density at radius 3 is 2.86 bits per heavy atom. The molecule has 1 heterocycles. The Morgan fingerprint density at radius 1 is 1.32 bits per heavy atom. The Hall–Kier alpha value is -3.16. The Bertz CT molecular complexity index is 722. The molecule has 2 rings (SSSR count). The highest BCUT2D eigenvalue weighted by atomic mass is 16.5. The van der Waals surface area contributed by atoms with Crippen molar-refractivity contribution in [3.63, 3.8) is 0 Å². The molecule has 0 atom stereocenters. The first-order chi connectivity index (χ1) is 10.6. The van der Waals surface area contributed by atoms with Crippen molar-refractivity contribution < 1.29 is 19.1 Å². The van der Waals surface area contributed by atoms with Crippen LogP contribution in [0.5, 0.6) is 0 Å². The quantitative estimate of drug-likeness (QED) is 0.556. The van der Waals surface area contributed by atoms with Crippen molar-refractivity contribution >= 4 is 28.8 Å². The van der Waals surface area contributed by atoms with Gasteiger partial charge < -0.3 is 10.1 Å². The van der Waals surface area contributed by atoms with Gasteiger partial charge in [0.1, 0.15) is 0 Å². The number of para-hydroxylation sites is 1. The van der Waals surface area contributed by atoms with E-state index in [1.165, 1.54) is 6.08 Å². The second-order valence-corrected chi connectivity index (χ2v) is 4.24. The first kappa shape index (κ1) is 15.2. The minimum atomic E-state index is -0.751. The number of amides is 3. The zero-order chi connectivity index (χ0) is 15.9. The van der Waals surface area contributed by atoms with Crippen LogP contribution in [0.15, 0.2) is 36.9 Å². The second-order valence-electron chi connectivity index (χ2n) is 4.24. The molecule has 0 aliphatic heterocycles. The first-order valence-corrected chi connectivity index (χ1v) is 6.40. The van der Waals surface area contributed by atoms with E-state index in [9.17, 15) is 14.4 Å². The Balaban J connectivity index is 1.89. The van der Waals surface area contributed by atoms with Crippen molar-refractivity contribution in [3.05, 3.63) is 42.6 Å². The molecule has 0 aliphatic carbocycles. The third kappa shape index (κ3) is 3.69. The van der Waals surface area contributed by atoms with E-state index in [-0.39, 0.29) is 12.2 Å². The monoisotopic (exact) mass is 302 g/mol. The van der Waals surface area contributed by atoms with Gasteiger partial charge in [-0.15, -0.1) is 6.58 Å². The number of imide groups is 1. The molecular weight excluding hydrogens is 288 g/mol. The SMILES string of the molecule is C=CCNC(=O)NC(=O)COC(=O)c1n[nH]c2ccccc12. The topological polar surface area (TPSA) is 113 Å². The van der Waals surface area contributed by atoms with Crippen LogP contribution in [0.2, 0.25) is 0 Å². The molecule has 3 N–H and O–H groups in total. The second kappa shape index (κ2) is 7.02. The van der Waals surface area contributed by atoms with Crippen molar-refractivity contribution in [1.29, 1.82) is 0 Å². The average molecular weight is 302 g/mol. The van der Waals surface area contributed by atoms with E-state index < -0.39 is 24.5 Å². The smallest absolute Gasteiger partial charge is 0.359 e. The number of ether oxygens (including phenoxy) is 1. The van der Waals surface area contributed by atoms with Gasteiger partial charge in [0.15, 0.2) is 12.3 Å². The molecule has 0 unspecified atom stereocenters. The average Bonchev–Trinajstić information content (AvgIpc) is 2.94. The molecule has 0 saturated carbocycles. The lowest BCUT2D eigenvalue weighted by Gasteiger charge is -2.05. The Labute approximate surface area is 125 Å². The lowest BCUT2D eigenvalue weighted by atomic mass is 10.2. The molecule has 1 aromatic heterocycles. The number of aromatic amines is 1. The summed E-state index contributed by atoms with van der Waals surface area (Å²) in [4.78, 5) is 34.5. The van der Waals surface area contributed by atoms with Crippen molar-refractivity contribution in [2.45, 2.75) is 0 Å². The number of fused-ring (bicyclic) bond motifs is 1. The standard InChI is InChI=1S/C14H14N4O4/c1-2-7-15-14(21)16-11(19)8-22-13(20)12-9-5-3-4-6-10(9)17-18-12/h2-6H,1,7-8H2,(H,17,18)(H2,15,16,19,21). The van der Waals surface area contributed by atoms with Crippen molar-refractivity contribution in [2.24, 2.45) is 0 Å². The molecular formula is C14H14N4O4. The van der Waals surface area contributed by atoms with Crippen LogP contribution in [0.1, 0.15) is 10.5 Å². The highest BCUT2D eigenvalue weighted by Crippen LogP contribution is 2.15. The lowest BCUT2D eigenvalue weighted by Crippen LogP contribution is -2.41. The first-order valence-electron chi connectivity index (χ1n) is 6.40. The number of nitrogens with zero attached hydrogens (tertiary/aromatic N) is 1. The fourth-order valence-corrected chi connectivity index (χ4v) is 1.69. The van der Waals surface area contributed by atoms with Gasteiger partial charge in [-0.05, 0) is 6.07 Å². The zero-order valence-corrected chi connectivity index (χ0v) is 11.6. The van der Waals surface area contributed by atoms with Crippen molar-refractivity contribution in [2.75, 3.05) is 13.2 Å². The Kier molecular flexibility index (Phi) is 4.86. The molecule has 0 aliphatic rings. The zero-order valence-electron chi connectivity index (χ0n) is 11.6. The van der Waals surface area contributed by atoms with Crippen LogP contribution in [0.3, 0.4) is 0 Å². The van der Waals surface area contributed by atoms with E-state index in [2.05, 4.69) is 22.1 Å². The molecule has 8 heteroatoms. The summed E-state index contributed by atoms with van der Waals surface area (Å²) in [5.74, 6) is -1.49. The summed E-state index contributed by atoms with van der Waals surface area (Å²) in [6, 6.07) is 6.33. The van der Waals surface area contributed by atoms with E-state index in [4.69, 9.17) is 4.74 Å². The van der Waals surface area contributed by atoms with Crippen LogP contribution in [0, 0.1) is 0 Å². The summed E-state index contributed by atoms with van der Waals surface area (Å²) in [7, 11) is 0. The number of hydrogen-bond acceptors (Lipinski definition) is 5. The maximum Gasteiger partial charge on any atom is 0.359 e. The van der Waals surface area contributed by atoms with Crippen molar-refractivity contribution in [1.82, 2.24) is 20.8 Å². The highest BCUT2D eigenvalue weighted by Gasteiger charge is 2.17. The van der Waals surface area contributed by atoms with Crippen LogP contribution in [-0.4, -0.2) is 41.3 Å². The van der Waals surface area contributed by atoms with Crippen LogP contribution >= 0.6 is 0 Å². The summed E-state index contributed by atoms with van der Waals surface area (Å²) in [6.45, 7) is 3.06. The summed E-state index contributed by atoms with van der Waals surface area (Å²) >= 11 is 0. The molecule has 8 nitrogen and oxygen atoms in total. The number of urea groups is 1. The van der Waals surface area contributed by atoms with Crippen LogP contribution in [0.25, 0.3) is 10.9 Å². The van der Waals surface area contributed by atoms with Crippen LogP contribution < -0.4 is 10.6 Å². The number of aromatic nitrogens is 2. The predicted molar refractivity (Wildman–Crippen MR) is 78.1 cm³/mol. The molecule has 0 saturated heterocycles. The van der Waals surface area contributed by atoms with Gasteiger partial charge in [0.05, 0.1) is 5.52 Å². The minimum Gasteiger partial charge on any atom is -0.451 e. The number of H-pyrrole nitrogens is 1. The minimum absolute atomic E-state index is 0.0829. The molecule has 1 aromatic carbocycles. The Morgan fingerprint density at radius 2 is 2.09 bits per heavy atom. The van der Waals surface area contributed by atoms with E-state index in [1.807, 2.05) is 5.32 Å². The molecule has 0 radical (unpaired) electrons. The number of hydrogen-bond donors (Lipinski definition) is 3. The van der Waals surface area contributed by atoms with E-state index in [0.29, 0.717) is 10.9 Å². The highest BCUT2D eigenvalue weighted by molar-refractivity contribution is 6.03. The lowest BCUT2D eigenvalue weighted by molar-refractivity contribution is -0.123. The molecule has 2 aromatic rings. The molecule has 0 bridgehead atoms. The molecule has 22 heavy (non-hydrogen) atoms. The molecule has 114 valence electrons. The maximum atomic E-state index is 11.9. The normalized spacial score (nSPS) is 10.0. The number of rotatable bonds is 5. The molecule has 3 amide bonds. The van der Waals surface area contributed by atoms with Gasteiger partial charge >= 0.3 is 12.0 Å². The van der Waals surface area contributed by atoms with Crippen molar-refractivity contribution in [3.8, 4) is 0 Å². The predicted octanol–water partition coefficient (Wildman–Crippen LogP) is 0.731. The van der Waals surface area contributed by atoms with Gasteiger partial charge in [0.2, 0.25) is 0 Å². The van der Waals surface area contributed by atoms with E-state index in [1.54, 1.807) is 24.3 Å². The van der Waals surface area contributed by atoms with Gasteiger partial charge in [-0.1, -0.05) is 24.3 Å². The van der Waals surface area contributed by atoms with E-state index in [0.717, 1.165) is 0 Å². The fraction of sp³-hybridized carbons (Fsp3) is 0.143. The van der Waals surface area contributed by atoms with Crippen LogP contribution in [0.4, 0.5) is 4.79 Å². The van der Waals surface area contributed by atoms with Gasteiger partial charge in [-0.25, -0.2) is 9.59 Å².